The first-order valence-electron chi connectivity index (χ1n) is 6.27. The SMILES string of the molecule is COCCCC(N)c1nc2cc(S(C)(=O)=O)ccc2o1. The number of hydrogen-bond acceptors (Lipinski definition) is 6. The molecule has 0 saturated heterocycles. The molecule has 0 fully saturated rings. The Kier molecular flexibility index (Phi) is 4.42. The van der Waals surface area contributed by atoms with Crippen LogP contribution in [-0.2, 0) is 14.6 Å². The summed E-state index contributed by atoms with van der Waals surface area (Å²) in [5.74, 6) is 0.418. The van der Waals surface area contributed by atoms with E-state index in [1.165, 1.54) is 12.1 Å². The molecular weight excluding hydrogens is 280 g/mol. The fourth-order valence-electron chi connectivity index (χ4n) is 1.89. The van der Waals surface area contributed by atoms with Gasteiger partial charge in [0.25, 0.3) is 0 Å². The third-order valence-corrected chi connectivity index (χ3v) is 4.09. The summed E-state index contributed by atoms with van der Waals surface area (Å²) >= 11 is 0. The van der Waals surface area contributed by atoms with E-state index < -0.39 is 9.84 Å². The van der Waals surface area contributed by atoms with E-state index in [-0.39, 0.29) is 10.9 Å². The summed E-state index contributed by atoms with van der Waals surface area (Å²) in [6.45, 7) is 0.631. The molecule has 0 aliphatic heterocycles. The molecule has 0 aliphatic carbocycles. The van der Waals surface area contributed by atoms with E-state index in [9.17, 15) is 8.42 Å². The highest BCUT2D eigenvalue weighted by atomic mass is 32.2. The molecule has 0 spiro atoms. The van der Waals surface area contributed by atoms with Gasteiger partial charge in [-0.3, -0.25) is 0 Å². The molecule has 0 bridgehead atoms. The number of rotatable bonds is 6. The Bertz CT molecular complexity index is 693. The Morgan fingerprint density at radius 2 is 2.20 bits per heavy atom. The predicted molar refractivity (Wildman–Crippen MR) is 75.2 cm³/mol. The van der Waals surface area contributed by atoms with Crippen LogP contribution < -0.4 is 5.73 Å². The number of benzene rings is 1. The number of hydrogen-bond donors (Lipinski definition) is 1. The van der Waals surface area contributed by atoms with Crippen molar-refractivity contribution in [1.82, 2.24) is 4.98 Å². The first-order valence-corrected chi connectivity index (χ1v) is 8.16. The van der Waals surface area contributed by atoms with Crippen molar-refractivity contribution in [2.75, 3.05) is 20.0 Å². The van der Waals surface area contributed by atoms with Crippen LogP contribution in [0.4, 0.5) is 0 Å². The van der Waals surface area contributed by atoms with E-state index in [0.717, 1.165) is 12.7 Å². The highest BCUT2D eigenvalue weighted by Gasteiger charge is 2.16. The highest BCUT2D eigenvalue weighted by Crippen LogP contribution is 2.24. The van der Waals surface area contributed by atoms with Gasteiger partial charge in [0.2, 0.25) is 5.89 Å². The lowest BCUT2D eigenvalue weighted by Gasteiger charge is -2.05. The number of nitrogens with two attached hydrogens (primary N) is 1. The number of aromatic nitrogens is 1. The van der Waals surface area contributed by atoms with Gasteiger partial charge < -0.3 is 14.9 Å². The molecular formula is C13H18N2O4S. The van der Waals surface area contributed by atoms with Crippen LogP contribution in [0.15, 0.2) is 27.5 Å². The van der Waals surface area contributed by atoms with Gasteiger partial charge in [-0.1, -0.05) is 0 Å². The molecule has 110 valence electrons. The molecule has 1 aromatic heterocycles. The summed E-state index contributed by atoms with van der Waals surface area (Å²) in [5, 5.41) is 0. The Balaban J connectivity index is 2.25. The van der Waals surface area contributed by atoms with Crippen molar-refractivity contribution >= 4 is 20.9 Å². The van der Waals surface area contributed by atoms with E-state index >= 15 is 0 Å². The largest absolute Gasteiger partial charge is 0.439 e. The Morgan fingerprint density at radius 1 is 1.45 bits per heavy atom. The van der Waals surface area contributed by atoms with Gasteiger partial charge in [0.1, 0.15) is 5.52 Å². The number of fused-ring (bicyclic) bond motifs is 1. The minimum Gasteiger partial charge on any atom is -0.439 e. The van der Waals surface area contributed by atoms with Crippen molar-refractivity contribution in [3.8, 4) is 0 Å². The first-order chi connectivity index (χ1) is 9.41. The van der Waals surface area contributed by atoms with Crippen LogP contribution in [0.2, 0.25) is 0 Å². The van der Waals surface area contributed by atoms with E-state index in [0.29, 0.717) is 30.0 Å². The number of oxazole rings is 1. The molecule has 20 heavy (non-hydrogen) atoms. The zero-order valence-electron chi connectivity index (χ0n) is 11.5. The van der Waals surface area contributed by atoms with Crippen molar-refractivity contribution in [2.45, 2.75) is 23.8 Å². The number of nitrogens with zero attached hydrogens (tertiary/aromatic N) is 1. The fourth-order valence-corrected chi connectivity index (χ4v) is 2.53. The van der Waals surface area contributed by atoms with Crippen LogP contribution in [0, 0.1) is 0 Å². The molecule has 1 atom stereocenters. The van der Waals surface area contributed by atoms with Gasteiger partial charge in [-0.15, -0.1) is 0 Å². The molecule has 0 aliphatic rings. The second-order valence-electron chi connectivity index (χ2n) is 4.70. The van der Waals surface area contributed by atoms with Gasteiger partial charge in [0.05, 0.1) is 10.9 Å². The van der Waals surface area contributed by atoms with Crippen molar-refractivity contribution in [1.29, 1.82) is 0 Å². The van der Waals surface area contributed by atoms with Gasteiger partial charge in [-0.2, -0.15) is 0 Å². The maximum absolute atomic E-state index is 11.5. The van der Waals surface area contributed by atoms with Crippen molar-refractivity contribution in [3.05, 3.63) is 24.1 Å². The zero-order valence-corrected chi connectivity index (χ0v) is 12.3. The topological polar surface area (TPSA) is 95.4 Å². The minimum atomic E-state index is -3.25. The van der Waals surface area contributed by atoms with Crippen molar-refractivity contribution in [3.63, 3.8) is 0 Å². The highest BCUT2D eigenvalue weighted by molar-refractivity contribution is 7.90. The molecule has 2 N–H and O–H groups in total. The average molecular weight is 298 g/mol. The maximum Gasteiger partial charge on any atom is 0.212 e. The summed E-state index contributed by atoms with van der Waals surface area (Å²) < 4.78 is 33.5. The van der Waals surface area contributed by atoms with Crippen LogP contribution in [0.25, 0.3) is 11.1 Å². The monoisotopic (exact) mass is 298 g/mol. The molecule has 6 nitrogen and oxygen atoms in total. The Morgan fingerprint density at radius 3 is 2.85 bits per heavy atom. The Hall–Kier alpha value is -1.44. The molecule has 0 saturated carbocycles. The van der Waals surface area contributed by atoms with Gasteiger partial charge in [-0.25, -0.2) is 13.4 Å². The summed E-state index contributed by atoms with van der Waals surface area (Å²) in [6, 6.07) is 4.28. The molecule has 1 unspecified atom stereocenters. The van der Waals surface area contributed by atoms with Crippen LogP contribution in [0.3, 0.4) is 0 Å². The molecule has 1 heterocycles. The standard InChI is InChI=1S/C13H18N2O4S/c1-18-7-3-4-10(14)13-15-11-8-9(20(2,16)17)5-6-12(11)19-13/h5-6,8,10H,3-4,7,14H2,1-2H3. The van der Waals surface area contributed by atoms with Crippen LogP contribution in [0.1, 0.15) is 24.8 Å². The number of ether oxygens (including phenoxy) is 1. The molecule has 0 radical (unpaired) electrons. The normalized spacial score (nSPS) is 13.8. The van der Waals surface area contributed by atoms with Crippen LogP contribution in [-0.4, -0.2) is 33.4 Å². The van der Waals surface area contributed by atoms with E-state index in [1.54, 1.807) is 13.2 Å². The molecule has 0 amide bonds. The molecule has 1 aromatic carbocycles. The predicted octanol–water partition coefficient (Wildman–Crippen LogP) is 1.66. The fraction of sp³-hybridized carbons (Fsp3) is 0.462. The summed E-state index contributed by atoms with van der Waals surface area (Å²) in [4.78, 5) is 4.49. The third kappa shape index (κ3) is 3.36. The first kappa shape index (κ1) is 15.0. The Labute approximate surface area is 117 Å². The second-order valence-corrected chi connectivity index (χ2v) is 6.71. The zero-order chi connectivity index (χ0) is 14.8. The molecule has 2 aromatic rings. The van der Waals surface area contributed by atoms with Crippen LogP contribution in [0.5, 0.6) is 0 Å². The van der Waals surface area contributed by atoms with Crippen molar-refractivity contribution < 1.29 is 17.6 Å². The maximum atomic E-state index is 11.5. The van der Waals surface area contributed by atoms with Gasteiger partial charge in [-0.05, 0) is 31.0 Å². The third-order valence-electron chi connectivity index (χ3n) is 2.98. The number of methoxy groups -OCH3 is 1. The summed E-state index contributed by atoms with van der Waals surface area (Å²) in [6.07, 6.45) is 2.66. The van der Waals surface area contributed by atoms with E-state index in [2.05, 4.69) is 4.98 Å². The number of sulfone groups is 1. The second kappa shape index (κ2) is 5.90. The minimum absolute atomic E-state index is 0.220. The lowest BCUT2D eigenvalue weighted by atomic mass is 10.2. The van der Waals surface area contributed by atoms with Gasteiger partial charge in [0.15, 0.2) is 15.4 Å². The lowest BCUT2D eigenvalue weighted by molar-refractivity contribution is 0.189. The van der Waals surface area contributed by atoms with E-state index in [4.69, 9.17) is 14.9 Å². The quantitative estimate of drug-likeness (QED) is 0.815. The summed E-state index contributed by atoms with van der Waals surface area (Å²) in [7, 11) is -1.62. The van der Waals surface area contributed by atoms with Crippen molar-refractivity contribution in [2.24, 2.45) is 5.73 Å². The van der Waals surface area contributed by atoms with E-state index in [1.807, 2.05) is 0 Å². The van der Waals surface area contributed by atoms with Gasteiger partial charge in [0, 0.05) is 20.0 Å². The lowest BCUT2D eigenvalue weighted by Crippen LogP contribution is -2.11. The summed E-state index contributed by atoms with van der Waals surface area (Å²) in [5.41, 5.74) is 7.03. The molecule has 7 heteroatoms. The molecule has 2 rings (SSSR count). The average Bonchev–Trinajstić information content (AvgIpc) is 2.80. The smallest absolute Gasteiger partial charge is 0.212 e. The van der Waals surface area contributed by atoms with Gasteiger partial charge >= 0.3 is 0 Å². The van der Waals surface area contributed by atoms with Crippen LogP contribution >= 0.6 is 0 Å².